The summed E-state index contributed by atoms with van der Waals surface area (Å²) in [5.74, 6) is 1.86. The molecule has 0 aliphatic carbocycles. The van der Waals surface area contributed by atoms with Crippen molar-refractivity contribution in [2.24, 2.45) is 17.8 Å². The number of hydrogen-bond acceptors (Lipinski definition) is 1. The minimum Gasteiger partial charge on any atom is -0.198 e. The monoisotopic (exact) mass is 255 g/mol. The fraction of sp³-hybridized carbons (Fsp3) is 0.933. The van der Waals surface area contributed by atoms with Gasteiger partial charge in [0.15, 0.2) is 0 Å². The van der Waals surface area contributed by atoms with Gasteiger partial charge in [-0.15, -0.1) is 8.58 Å². The van der Waals surface area contributed by atoms with Crippen molar-refractivity contribution in [1.29, 1.82) is 5.26 Å². The highest BCUT2D eigenvalue weighted by molar-refractivity contribution is 7.37. The second-order valence-corrected chi connectivity index (χ2v) is 7.10. The van der Waals surface area contributed by atoms with E-state index in [2.05, 4.69) is 40.4 Å². The Labute approximate surface area is 110 Å². The summed E-state index contributed by atoms with van der Waals surface area (Å²) in [6.07, 6.45) is 6.04. The van der Waals surface area contributed by atoms with E-state index in [1.165, 1.54) is 19.3 Å². The predicted octanol–water partition coefficient (Wildman–Crippen LogP) is 5.07. The predicted molar refractivity (Wildman–Crippen MR) is 79.9 cm³/mol. The summed E-state index contributed by atoms with van der Waals surface area (Å²) in [5.41, 5.74) is 0.896. The number of rotatable bonds is 9. The van der Waals surface area contributed by atoms with Gasteiger partial charge in [0.25, 0.3) is 0 Å². The lowest BCUT2D eigenvalue weighted by molar-refractivity contribution is 0.317. The highest BCUT2D eigenvalue weighted by Gasteiger charge is 2.15. The third-order valence-corrected chi connectivity index (χ3v) is 5.44. The van der Waals surface area contributed by atoms with Gasteiger partial charge in [0.05, 0.1) is 6.07 Å². The molecular formula is C15H30NP. The highest BCUT2D eigenvalue weighted by atomic mass is 31.1. The van der Waals surface area contributed by atoms with Crippen LogP contribution in [0.3, 0.4) is 0 Å². The lowest BCUT2D eigenvalue weighted by Crippen LogP contribution is -2.11. The molecule has 0 radical (unpaired) electrons. The average molecular weight is 255 g/mol. The molecule has 0 rings (SSSR count). The molecule has 0 fully saturated rings. The van der Waals surface area contributed by atoms with Crippen molar-refractivity contribution >= 4 is 8.58 Å². The molecule has 17 heavy (non-hydrogen) atoms. The van der Waals surface area contributed by atoms with Crippen LogP contribution in [0.2, 0.25) is 0 Å². The largest absolute Gasteiger partial charge is 0.198 e. The van der Waals surface area contributed by atoms with Gasteiger partial charge in [-0.1, -0.05) is 27.7 Å². The molecule has 5 atom stereocenters. The summed E-state index contributed by atoms with van der Waals surface area (Å²) in [4.78, 5) is 0. The topological polar surface area (TPSA) is 23.8 Å². The molecule has 0 saturated carbocycles. The first-order chi connectivity index (χ1) is 8.04. The zero-order valence-corrected chi connectivity index (χ0v) is 13.3. The molecule has 0 aliphatic heterocycles. The molecule has 100 valence electrons. The van der Waals surface area contributed by atoms with E-state index >= 15 is 0 Å². The summed E-state index contributed by atoms with van der Waals surface area (Å²) < 4.78 is 0. The van der Waals surface area contributed by atoms with E-state index < -0.39 is 0 Å². The van der Waals surface area contributed by atoms with Crippen molar-refractivity contribution < 1.29 is 0 Å². The molecule has 0 N–H and O–H groups in total. The normalized spacial score (nSPS) is 18.8. The standard InChI is InChI=1S/C15H30NP/c1-6-15(11-16)10-8-13(3)12(2)7-9-14(4)17-5/h12-15,17H,6-10H2,1-5H3. The van der Waals surface area contributed by atoms with Crippen molar-refractivity contribution in [3.05, 3.63) is 0 Å². The van der Waals surface area contributed by atoms with E-state index in [-0.39, 0.29) is 5.92 Å². The minimum atomic E-state index is 0.278. The van der Waals surface area contributed by atoms with Gasteiger partial charge in [0, 0.05) is 5.92 Å². The van der Waals surface area contributed by atoms with Gasteiger partial charge in [-0.3, -0.25) is 0 Å². The number of hydrogen-bond donors (Lipinski definition) is 0. The maximum absolute atomic E-state index is 8.94. The van der Waals surface area contributed by atoms with Gasteiger partial charge >= 0.3 is 0 Å². The fourth-order valence-electron chi connectivity index (χ4n) is 2.05. The van der Waals surface area contributed by atoms with Gasteiger partial charge in [-0.25, -0.2) is 0 Å². The molecule has 0 bridgehead atoms. The summed E-state index contributed by atoms with van der Waals surface area (Å²) >= 11 is 0. The van der Waals surface area contributed by atoms with Crippen molar-refractivity contribution in [1.82, 2.24) is 0 Å². The smallest absolute Gasteiger partial charge is 0.0655 e. The number of nitrogens with zero attached hydrogens (tertiary/aromatic N) is 1. The van der Waals surface area contributed by atoms with E-state index in [0.29, 0.717) is 0 Å². The average Bonchev–Trinajstić information content (AvgIpc) is 2.36. The van der Waals surface area contributed by atoms with E-state index in [9.17, 15) is 0 Å². The first kappa shape index (κ1) is 16.9. The van der Waals surface area contributed by atoms with Crippen LogP contribution >= 0.6 is 8.58 Å². The molecule has 0 spiro atoms. The molecule has 0 aromatic carbocycles. The molecular weight excluding hydrogens is 225 g/mol. The van der Waals surface area contributed by atoms with Crippen molar-refractivity contribution in [3.8, 4) is 6.07 Å². The van der Waals surface area contributed by atoms with Crippen LogP contribution in [0.4, 0.5) is 0 Å². The Morgan fingerprint density at radius 2 is 1.53 bits per heavy atom. The second-order valence-electron chi connectivity index (χ2n) is 5.53. The van der Waals surface area contributed by atoms with E-state index in [4.69, 9.17) is 5.26 Å². The van der Waals surface area contributed by atoms with Crippen LogP contribution in [0.5, 0.6) is 0 Å². The van der Waals surface area contributed by atoms with Gasteiger partial charge in [0.1, 0.15) is 0 Å². The summed E-state index contributed by atoms with van der Waals surface area (Å²) in [7, 11) is 1.08. The maximum atomic E-state index is 8.94. The molecule has 0 saturated heterocycles. The molecule has 1 nitrogen and oxygen atoms in total. The summed E-state index contributed by atoms with van der Waals surface area (Å²) in [6, 6.07) is 2.41. The van der Waals surface area contributed by atoms with Crippen molar-refractivity contribution in [3.63, 3.8) is 0 Å². The Morgan fingerprint density at radius 3 is 1.94 bits per heavy atom. The Balaban J connectivity index is 3.81. The third-order valence-electron chi connectivity index (χ3n) is 4.17. The Hall–Kier alpha value is -0.0800. The van der Waals surface area contributed by atoms with E-state index in [1.807, 2.05) is 0 Å². The van der Waals surface area contributed by atoms with Crippen molar-refractivity contribution in [2.75, 3.05) is 6.66 Å². The van der Waals surface area contributed by atoms with Crippen LogP contribution < -0.4 is 0 Å². The first-order valence-electron chi connectivity index (χ1n) is 7.11. The molecule has 5 unspecified atom stereocenters. The molecule has 2 heteroatoms. The first-order valence-corrected chi connectivity index (χ1v) is 8.69. The molecule has 0 aromatic heterocycles. The van der Waals surface area contributed by atoms with Crippen LogP contribution in [-0.2, 0) is 0 Å². The minimum absolute atomic E-state index is 0.278. The second kappa shape index (κ2) is 9.90. The summed E-state index contributed by atoms with van der Waals surface area (Å²) in [5, 5.41) is 8.94. The van der Waals surface area contributed by atoms with Crippen LogP contribution in [0.25, 0.3) is 0 Å². The van der Waals surface area contributed by atoms with Gasteiger partial charge < -0.3 is 0 Å². The van der Waals surface area contributed by atoms with Crippen molar-refractivity contribution in [2.45, 2.75) is 65.5 Å². The van der Waals surface area contributed by atoms with Crippen LogP contribution in [0.1, 0.15) is 59.8 Å². The molecule has 0 heterocycles. The molecule has 0 amide bonds. The third kappa shape index (κ3) is 7.77. The lowest BCUT2D eigenvalue weighted by Gasteiger charge is -2.22. The van der Waals surface area contributed by atoms with Crippen LogP contribution in [0, 0.1) is 29.1 Å². The zero-order chi connectivity index (χ0) is 13.3. The van der Waals surface area contributed by atoms with E-state index in [0.717, 1.165) is 38.9 Å². The van der Waals surface area contributed by atoms with E-state index in [1.54, 1.807) is 0 Å². The summed E-state index contributed by atoms with van der Waals surface area (Å²) in [6.45, 7) is 11.5. The Morgan fingerprint density at radius 1 is 1.00 bits per heavy atom. The Kier molecular flexibility index (Phi) is 9.85. The fourth-order valence-corrected chi connectivity index (χ4v) is 2.51. The van der Waals surface area contributed by atoms with Gasteiger partial charge in [-0.05, 0) is 56.3 Å². The maximum Gasteiger partial charge on any atom is 0.0655 e. The molecule has 0 aliphatic rings. The zero-order valence-electron chi connectivity index (χ0n) is 12.3. The highest BCUT2D eigenvalue weighted by Crippen LogP contribution is 2.27. The Bertz CT molecular complexity index is 221. The van der Waals surface area contributed by atoms with Crippen LogP contribution in [0.15, 0.2) is 0 Å². The quantitative estimate of drug-likeness (QED) is 0.528. The SMILES string of the molecule is CCC(C#N)CCC(C)C(C)CCC(C)PC. The lowest BCUT2D eigenvalue weighted by atomic mass is 9.85. The van der Waals surface area contributed by atoms with Gasteiger partial charge in [0.2, 0.25) is 0 Å². The van der Waals surface area contributed by atoms with Gasteiger partial charge in [-0.2, -0.15) is 5.26 Å². The number of nitriles is 1. The molecule has 0 aromatic rings. The van der Waals surface area contributed by atoms with Crippen LogP contribution in [-0.4, -0.2) is 12.3 Å².